The van der Waals surface area contributed by atoms with E-state index >= 15 is 0 Å². The van der Waals surface area contributed by atoms with E-state index in [1.54, 1.807) is 24.3 Å². The molecule has 0 fully saturated rings. The van der Waals surface area contributed by atoms with Crippen molar-refractivity contribution in [2.45, 2.75) is 6.61 Å². The molecule has 0 saturated heterocycles. The SMILES string of the molecule is Nc1cccc(C(=O)OCc2ccc(Cl)c(F)c2)c1Br. The van der Waals surface area contributed by atoms with Gasteiger partial charge < -0.3 is 10.5 Å². The van der Waals surface area contributed by atoms with Crippen LogP contribution in [0.2, 0.25) is 5.02 Å². The third-order valence-electron chi connectivity index (χ3n) is 2.60. The van der Waals surface area contributed by atoms with E-state index in [4.69, 9.17) is 22.1 Å². The molecule has 0 atom stereocenters. The Morgan fingerprint density at radius 1 is 1.35 bits per heavy atom. The maximum absolute atomic E-state index is 13.2. The van der Waals surface area contributed by atoms with Crippen molar-refractivity contribution in [3.8, 4) is 0 Å². The van der Waals surface area contributed by atoms with Gasteiger partial charge in [-0.05, 0) is 45.8 Å². The largest absolute Gasteiger partial charge is 0.457 e. The monoisotopic (exact) mass is 357 g/mol. The minimum Gasteiger partial charge on any atom is -0.457 e. The Kier molecular flexibility index (Phi) is 4.62. The zero-order chi connectivity index (χ0) is 14.7. The van der Waals surface area contributed by atoms with Gasteiger partial charge in [-0.2, -0.15) is 0 Å². The van der Waals surface area contributed by atoms with E-state index < -0.39 is 11.8 Å². The summed E-state index contributed by atoms with van der Waals surface area (Å²) in [5.41, 5.74) is 6.96. The molecule has 2 aromatic carbocycles. The smallest absolute Gasteiger partial charge is 0.339 e. The molecule has 2 aromatic rings. The fourth-order valence-corrected chi connectivity index (χ4v) is 2.11. The van der Waals surface area contributed by atoms with Crippen LogP contribution in [0.25, 0.3) is 0 Å². The molecule has 3 nitrogen and oxygen atoms in total. The lowest BCUT2D eigenvalue weighted by atomic mass is 10.2. The normalized spacial score (nSPS) is 10.3. The van der Waals surface area contributed by atoms with Crippen LogP contribution in [0.1, 0.15) is 15.9 Å². The van der Waals surface area contributed by atoms with Crippen LogP contribution in [0.5, 0.6) is 0 Å². The number of carbonyl (C=O) groups excluding carboxylic acids is 1. The lowest BCUT2D eigenvalue weighted by Gasteiger charge is -2.08. The van der Waals surface area contributed by atoms with Gasteiger partial charge >= 0.3 is 5.97 Å². The van der Waals surface area contributed by atoms with E-state index in [1.807, 2.05) is 0 Å². The molecule has 0 radical (unpaired) electrons. The Balaban J connectivity index is 2.08. The minimum atomic E-state index is -0.551. The third-order valence-corrected chi connectivity index (χ3v) is 3.79. The van der Waals surface area contributed by atoms with Crippen LogP contribution in [0.3, 0.4) is 0 Å². The summed E-state index contributed by atoms with van der Waals surface area (Å²) in [4.78, 5) is 11.9. The molecule has 104 valence electrons. The Morgan fingerprint density at radius 2 is 2.10 bits per heavy atom. The molecule has 2 N–H and O–H groups in total. The average molecular weight is 359 g/mol. The van der Waals surface area contributed by atoms with Gasteiger partial charge in [-0.3, -0.25) is 0 Å². The van der Waals surface area contributed by atoms with Crippen LogP contribution in [0.4, 0.5) is 10.1 Å². The molecule has 0 amide bonds. The van der Waals surface area contributed by atoms with E-state index in [1.165, 1.54) is 12.1 Å². The van der Waals surface area contributed by atoms with Crippen LogP contribution in [0.15, 0.2) is 40.9 Å². The Hall–Kier alpha value is -1.59. The summed E-state index contributed by atoms with van der Waals surface area (Å²) in [5, 5.41) is 0.0265. The molecule has 0 aliphatic rings. The number of carbonyl (C=O) groups is 1. The number of benzene rings is 2. The summed E-state index contributed by atoms with van der Waals surface area (Å²) in [6.07, 6.45) is 0. The summed E-state index contributed by atoms with van der Waals surface area (Å²) >= 11 is 8.80. The second kappa shape index (κ2) is 6.24. The maximum Gasteiger partial charge on any atom is 0.339 e. The molecule has 0 spiro atoms. The lowest BCUT2D eigenvalue weighted by Crippen LogP contribution is -2.07. The maximum atomic E-state index is 13.2. The van der Waals surface area contributed by atoms with E-state index in [2.05, 4.69) is 15.9 Å². The molecule has 6 heteroatoms. The van der Waals surface area contributed by atoms with Crippen molar-refractivity contribution in [1.29, 1.82) is 0 Å². The van der Waals surface area contributed by atoms with E-state index in [-0.39, 0.29) is 11.6 Å². The number of anilines is 1. The van der Waals surface area contributed by atoms with Gasteiger partial charge in [-0.15, -0.1) is 0 Å². The Bertz CT molecular complexity index is 664. The van der Waals surface area contributed by atoms with Crippen LogP contribution in [-0.4, -0.2) is 5.97 Å². The first-order chi connectivity index (χ1) is 9.49. The standard InChI is InChI=1S/C14H10BrClFNO2/c15-13-9(2-1-3-12(13)18)14(19)20-7-8-4-5-10(16)11(17)6-8/h1-6H,7,18H2. The first-order valence-electron chi connectivity index (χ1n) is 5.64. The van der Waals surface area contributed by atoms with Gasteiger partial charge in [-0.1, -0.05) is 23.7 Å². The predicted octanol–water partition coefficient (Wildman–Crippen LogP) is 4.18. The van der Waals surface area contributed by atoms with Crippen molar-refractivity contribution in [3.05, 3.63) is 62.8 Å². The van der Waals surface area contributed by atoms with E-state index in [9.17, 15) is 9.18 Å². The molecule has 0 heterocycles. The van der Waals surface area contributed by atoms with Crippen molar-refractivity contribution >= 4 is 39.2 Å². The predicted molar refractivity (Wildman–Crippen MR) is 79.1 cm³/mol. The van der Waals surface area contributed by atoms with Gasteiger partial charge in [0.05, 0.1) is 15.1 Å². The lowest BCUT2D eigenvalue weighted by molar-refractivity contribution is 0.0471. The van der Waals surface area contributed by atoms with Crippen molar-refractivity contribution in [2.24, 2.45) is 0 Å². The Labute approximate surface area is 128 Å². The number of hydrogen-bond donors (Lipinski definition) is 1. The number of nitrogen functional groups attached to an aromatic ring is 1. The minimum absolute atomic E-state index is 0.0265. The van der Waals surface area contributed by atoms with Crippen LogP contribution in [0, 0.1) is 5.82 Å². The first-order valence-corrected chi connectivity index (χ1v) is 6.81. The molecule has 0 bridgehead atoms. The number of nitrogens with two attached hydrogens (primary N) is 1. The summed E-state index contributed by atoms with van der Waals surface area (Å²) in [5.74, 6) is -1.09. The molecule has 0 aliphatic carbocycles. The van der Waals surface area contributed by atoms with Crippen molar-refractivity contribution < 1.29 is 13.9 Å². The van der Waals surface area contributed by atoms with Gasteiger partial charge in [0.1, 0.15) is 12.4 Å². The number of ether oxygens (including phenoxy) is 1. The molecular weight excluding hydrogens is 349 g/mol. The van der Waals surface area contributed by atoms with Gasteiger partial charge in [-0.25, -0.2) is 9.18 Å². The van der Waals surface area contributed by atoms with Crippen LogP contribution in [-0.2, 0) is 11.3 Å². The molecular formula is C14H10BrClFNO2. The topological polar surface area (TPSA) is 52.3 Å². The van der Waals surface area contributed by atoms with Crippen molar-refractivity contribution in [2.75, 3.05) is 5.73 Å². The second-order valence-electron chi connectivity index (χ2n) is 4.03. The zero-order valence-corrected chi connectivity index (χ0v) is 12.5. The van der Waals surface area contributed by atoms with Crippen LogP contribution >= 0.6 is 27.5 Å². The Morgan fingerprint density at radius 3 is 2.80 bits per heavy atom. The van der Waals surface area contributed by atoms with Gasteiger partial charge in [0.2, 0.25) is 0 Å². The second-order valence-corrected chi connectivity index (χ2v) is 5.23. The molecule has 0 saturated carbocycles. The number of halogens is 3. The average Bonchev–Trinajstić information content (AvgIpc) is 2.43. The number of rotatable bonds is 3. The van der Waals surface area contributed by atoms with Gasteiger partial charge in [0, 0.05) is 5.69 Å². The summed E-state index contributed by atoms with van der Waals surface area (Å²) in [6.45, 7) is -0.0475. The van der Waals surface area contributed by atoms with Crippen molar-refractivity contribution in [1.82, 2.24) is 0 Å². The van der Waals surface area contributed by atoms with Crippen LogP contribution < -0.4 is 5.73 Å². The molecule has 0 unspecified atom stereocenters. The number of hydrogen-bond acceptors (Lipinski definition) is 3. The summed E-state index contributed by atoms with van der Waals surface area (Å²) < 4.78 is 18.8. The first kappa shape index (κ1) is 14.8. The van der Waals surface area contributed by atoms with E-state index in [0.29, 0.717) is 21.3 Å². The summed E-state index contributed by atoms with van der Waals surface area (Å²) in [6, 6.07) is 9.13. The highest BCUT2D eigenvalue weighted by molar-refractivity contribution is 9.10. The molecule has 0 aromatic heterocycles. The van der Waals surface area contributed by atoms with Gasteiger partial charge in [0.15, 0.2) is 0 Å². The van der Waals surface area contributed by atoms with Gasteiger partial charge in [0.25, 0.3) is 0 Å². The fraction of sp³-hybridized carbons (Fsp3) is 0.0714. The van der Waals surface area contributed by atoms with E-state index in [0.717, 1.165) is 0 Å². The third kappa shape index (κ3) is 3.29. The fourth-order valence-electron chi connectivity index (χ4n) is 1.56. The quantitative estimate of drug-likeness (QED) is 0.661. The highest BCUT2D eigenvalue weighted by Crippen LogP contribution is 2.24. The molecule has 20 heavy (non-hydrogen) atoms. The molecule has 2 rings (SSSR count). The highest BCUT2D eigenvalue weighted by Gasteiger charge is 2.13. The molecule has 0 aliphatic heterocycles. The van der Waals surface area contributed by atoms with Crippen molar-refractivity contribution in [3.63, 3.8) is 0 Å². The number of esters is 1. The summed E-state index contributed by atoms with van der Waals surface area (Å²) in [7, 11) is 0. The highest BCUT2D eigenvalue weighted by atomic mass is 79.9. The zero-order valence-electron chi connectivity index (χ0n) is 10.2.